The van der Waals surface area contributed by atoms with Crippen molar-refractivity contribution in [3.05, 3.63) is 29.6 Å². The highest BCUT2D eigenvalue weighted by Crippen LogP contribution is 2.43. The van der Waals surface area contributed by atoms with E-state index in [0.29, 0.717) is 19.4 Å². The van der Waals surface area contributed by atoms with Crippen molar-refractivity contribution in [2.45, 2.75) is 76.9 Å². The SMILES string of the molecule is CC(C)(C)OC(=O)CNCC(=O)N1CCC[C@]1(C(=O)O)C1CCCCC1.NC(=O)c1ccc(C(N)=NO)nc1. The Bertz CT molecular complexity index is 1050. The molecule has 0 unspecified atom stereocenters. The Balaban J connectivity index is 0.000000344. The molecule has 1 saturated heterocycles. The number of carboxylic acid groups (broad SMARTS) is 1. The van der Waals surface area contributed by atoms with Gasteiger partial charge >= 0.3 is 11.9 Å². The molecule has 2 fully saturated rings. The van der Waals surface area contributed by atoms with Crippen molar-refractivity contribution in [3.8, 4) is 0 Å². The predicted molar refractivity (Wildman–Crippen MR) is 142 cm³/mol. The van der Waals surface area contributed by atoms with Crippen molar-refractivity contribution in [2.75, 3.05) is 19.6 Å². The number of carboxylic acids is 1. The second-order valence-electron chi connectivity index (χ2n) is 10.7. The summed E-state index contributed by atoms with van der Waals surface area (Å²) in [7, 11) is 0. The van der Waals surface area contributed by atoms with Gasteiger partial charge in [0.15, 0.2) is 5.84 Å². The summed E-state index contributed by atoms with van der Waals surface area (Å²) in [4.78, 5) is 52.6. The van der Waals surface area contributed by atoms with Gasteiger partial charge in [0.1, 0.15) is 16.8 Å². The number of amides is 2. The number of nitrogens with zero attached hydrogens (tertiary/aromatic N) is 3. The first-order chi connectivity index (χ1) is 18.3. The summed E-state index contributed by atoms with van der Waals surface area (Å²) in [5.74, 6) is -2.23. The Hall–Kier alpha value is -3.74. The third kappa shape index (κ3) is 8.63. The molecule has 0 radical (unpaired) electrons. The smallest absolute Gasteiger partial charge is 0.329 e. The van der Waals surface area contributed by atoms with Crippen molar-refractivity contribution >= 4 is 29.6 Å². The van der Waals surface area contributed by atoms with E-state index in [0.717, 1.165) is 32.1 Å². The number of amidine groups is 1. The molecule has 1 aliphatic heterocycles. The Kier molecular flexibility index (Phi) is 11.2. The highest BCUT2D eigenvalue weighted by molar-refractivity contribution is 5.97. The number of nitrogens with one attached hydrogen (secondary N) is 1. The standard InChI is InChI=1S/C19H32N2O5.C7H8N4O2/c1-18(2,3)26-16(23)13-20-12-15(22)21-11-7-10-19(21,17(24)25)14-8-5-4-6-9-14;8-6(11-13)5-2-1-4(3-10-5)7(9)12/h14,20H,4-13H2,1-3H3,(H,24,25);1-3,13H,(H2,8,11)(H2,9,12)/t19-;/m1./s1. The maximum atomic E-state index is 12.7. The van der Waals surface area contributed by atoms with Gasteiger partial charge in [-0.1, -0.05) is 24.4 Å². The van der Waals surface area contributed by atoms with Crippen LogP contribution in [-0.4, -0.2) is 80.6 Å². The van der Waals surface area contributed by atoms with Crippen molar-refractivity contribution in [1.82, 2.24) is 15.2 Å². The van der Waals surface area contributed by atoms with E-state index >= 15 is 0 Å². The summed E-state index contributed by atoms with van der Waals surface area (Å²) in [6.45, 7) is 5.69. The van der Waals surface area contributed by atoms with Gasteiger partial charge in [0.2, 0.25) is 11.8 Å². The summed E-state index contributed by atoms with van der Waals surface area (Å²) >= 11 is 0. The van der Waals surface area contributed by atoms with E-state index in [-0.39, 0.29) is 42.0 Å². The van der Waals surface area contributed by atoms with Crippen LogP contribution in [0.25, 0.3) is 0 Å². The number of ether oxygens (including phenoxy) is 1. The third-order valence-corrected chi connectivity index (χ3v) is 6.76. The van der Waals surface area contributed by atoms with Gasteiger partial charge in [-0.2, -0.15) is 0 Å². The normalized spacial score (nSPS) is 20.1. The van der Waals surface area contributed by atoms with E-state index in [9.17, 15) is 24.3 Å². The maximum absolute atomic E-state index is 12.7. The fourth-order valence-corrected chi connectivity index (χ4v) is 5.08. The molecule has 2 amide bonds. The zero-order valence-electron chi connectivity index (χ0n) is 22.8. The minimum Gasteiger partial charge on any atom is -0.479 e. The number of nitrogens with two attached hydrogens (primary N) is 2. The molecule has 1 aromatic heterocycles. The number of hydrogen-bond donors (Lipinski definition) is 5. The van der Waals surface area contributed by atoms with Gasteiger partial charge in [-0.05, 0) is 64.5 Å². The van der Waals surface area contributed by atoms with E-state index in [1.165, 1.54) is 18.3 Å². The van der Waals surface area contributed by atoms with Crippen LogP contribution in [0.4, 0.5) is 0 Å². The van der Waals surface area contributed by atoms with E-state index in [4.69, 9.17) is 21.4 Å². The lowest BCUT2D eigenvalue weighted by atomic mass is 9.73. The van der Waals surface area contributed by atoms with Crippen LogP contribution in [-0.2, 0) is 19.1 Å². The fraction of sp³-hybridized carbons (Fsp3) is 0.615. The van der Waals surface area contributed by atoms with Gasteiger partial charge in [0.25, 0.3) is 0 Å². The summed E-state index contributed by atoms with van der Waals surface area (Å²) in [5.41, 5.74) is 9.13. The number of oxime groups is 1. The van der Waals surface area contributed by atoms with Crippen LogP contribution in [0.15, 0.2) is 23.5 Å². The molecule has 1 saturated carbocycles. The van der Waals surface area contributed by atoms with Gasteiger partial charge in [-0.3, -0.25) is 24.7 Å². The third-order valence-electron chi connectivity index (χ3n) is 6.76. The van der Waals surface area contributed by atoms with Crippen LogP contribution in [0.1, 0.15) is 81.8 Å². The number of esters is 1. The molecule has 3 rings (SSSR count). The van der Waals surface area contributed by atoms with E-state index in [1.54, 1.807) is 25.7 Å². The first kappa shape index (κ1) is 31.5. The average molecular weight is 549 g/mol. The van der Waals surface area contributed by atoms with Gasteiger partial charge in [-0.15, -0.1) is 0 Å². The second kappa shape index (κ2) is 13.9. The van der Waals surface area contributed by atoms with E-state index in [1.807, 2.05) is 0 Å². The lowest BCUT2D eigenvalue weighted by molar-refractivity contribution is -0.161. The quantitative estimate of drug-likeness (QED) is 0.103. The molecule has 1 aliphatic carbocycles. The second-order valence-corrected chi connectivity index (χ2v) is 10.7. The largest absolute Gasteiger partial charge is 0.479 e. The average Bonchev–Trinajstić information content (AvgIpc) is 3.35. The molecule has 2 heterocycles. The van der Waals surface area contributed by atoms with Crippen molar-refractivity contribution in [3.63, 3.8) is 0 Å². The molecule has 7 N–H and O–H groups in total. The van der Waals surface area contributed by atoms with Crippen LogP contribution in [0.2, 0.25) is 0 Å². The molecule has 2 aliphatic rings. The van der Waals surface area contributed by atoms with Crippen LogP contribution in [0, 0.1) is 5.92 Å². The molecule has 216 valence electrons. The maximum Gasteiger partial charge on any atom is 0.329 e. The Morgan fingerprint density at radius 1 is 1.13 bits per heavy atom. The van der Waals surface area contributed by atoms with Crippen molar-refractivity contribution in [2.24, 2.45) is 22.5 Å². The van der Waals surface area contributed by atoms with Gasteiger partial charge in [0.05, 0.1) is 18.7 Å². The molecule has 0 bridgehead atoms. The van der Waals surface area contributed by atoms with Crippen LogP contribution in [0.3, 0.4) is 0 Å². The number of carbonyl (C=O) groups is 4. The molecule has 13 heteroatoms. The summed E-state index contributed by atoms with van der Waals surface area (Å²) in [5, 5.41) is 23.8. The topological polar surface area (TPSA) is 211 Å². The number of rotatable bonds is 8. The number of hydrogen-bond acceptors (Lipinski definition) is 9. The van der Waals surface area contributed by atoms with Gasteiger partial charge < -0.3 is 31.4 Å². The van der Waals surface area contributed by atoms with Gasteiger partial charge in [-0.25, -0.2) is 4.79 Å². The highest BCUT2D eigenvalue weighted by Gasteiger charge is 2.54. The first-order valence-corrected chi connectivity index (χ1v) is 13.0. The molecule has 1 aromatic rings. The predicted octanol–water partition coefficient (Wildman–Crippen LogP) is 1.22. The van der Waals surface area contributed by atoms with Crippen LogP contribution >= 0.6 is 0 Å². The number of carbonyl (C=O) groups excluding carboxylic acids is 3. The molecule has 0 aromatic carbocycles. The minimum absolute atomic E-state index is 0.0195. The Morgan fingerprint density at radius 2 is 1.79 bits per heavy atom. The molecule has 0 spiro atoms. The molecular formula is C26H40N6O7. The number of likely N-dealkylation sites (tertiary alicyclic amines) is 1. The zero-order valence-corrected chi connectivity index (χ0v) is 22.8. The monoisotopic (exact) mass is 548 g/mol. The fourth-order valence-electron chi connectivity index (χ4n) is 5.08. The number of aliphatic carboxylic acids is 1. The van der Waals surface area contributed by atoms with Crippen molar-refractivity contribution < 1.29 is 34.2 Å². The highest BCUT2D eigenvalue weighted by atomic mass is 16.6. The Labute approximate surface area is 227 Å². The van der Waals surface area contributed by atoms with E-state index in [2.05, 4.69) is 15.5 Å². The van der Waals surface area contributed by atoms with Gasteiger partial charge in [0, 0.05) is 12.7 Å². The minimum atomic E-state index is -1.08. The van der Waals surface area contributed by atoms with Crippen LogP contribution < -0.4 is 16.8 Å². The zero-order chi connectivity index (χ0) is 29.2. The first-order valence-electron chi connectivity index (χ1n) is 13.0. The van der Waals surface area contributed by atoms with Crippen LogP contribution in [0.5, 0.6) is 0 Å². The number of aromatic nitrogens is 1. The molecule has 1 atom stereocenters. The number of primary amides is 1. The molecule has 39 heavy (non-hydrogen) atoms. The Morgan fingerprint density at radius 3 is 2.31 bits per heavy atom. The lowest BCUT2D eigenvalue weighted by Gasteiger charge is -2.42. The lowest BCUT2D eigenvalue weighted by Crippen LogP contribution is -2.59. The number of pyridine rings is 1. The molecular weight excluding hydrogens is 508 g/mol. The van der Waals surface area contributed by atoms with E-state index < -0.39 is 29.0 Å². The van der Waals surface area contributed by atoms with Crippen molar-refractivity contribution in [1.29, 1.82) is 0 Å². The molecule has 13 nitrogen and oxygen atoms in total. The summed E-state index contributed by atoms with van der Waals surface area (Å²) in [6, 6.07) is 2.89. The summed E-state index contributed by atoms with van der Waals surface area (Å²) in [6.07, 6.45) is 7.40. The summed E-state index contributed by atoms with van der Waals surface area (Å²) < 4.78 is 5.20.